The number of rotatable bonds is 1. The molecule has 1 atom stereocenters. The van der Waals surface area contributed by atoms with Crippen molar-refractivity contribution in [3.63, 3.8) is 0 Å². The fourth-order valence-corrected chi connectivity index (χ4v) is 2.99. The molecule has 0 aliphatic carbocycles. The third-order valence-corrected chi connectivity index (χ3v) is 3.78. The third kappa shape index (κ3) is 1.48. The van der Waals surface area contributed by atoms with E-state index in [0.29, 0.717) is 6.04 Å². The Morgan fingerprint density at radius 2 is 2.27 bits per heavy atom. The van der Waals surface area contributed by atoms with Crippen LogP contribution in [0.2, 0.25) is 0 Å². The number of aliphatic hydroxyl groups excluding tert-OH is 1. The minimum Gasteiger partial charge on any atom is -0.392 e. The van der Waals surface area contributed by atoms with Crippen molar-refractivity contribution >= 4 is 0 Å². The second kappa shape index (κ2) is 3.62. The maximum Gasteiger partial charge on any atom is 0.0681 e. The van der Waals surface area contributed by atoms with E-state index in [1.807, 2.05) is 0 Å². The summed E-state index contributed by atoms with van der Waals surface area (Å²) < 4.78 is 0. The summed E-state index contributed by atoms with van der Waals surface area (Å²) in [6, 6.07) is 7.11. The van der Waals surface area contributed by atoms with Gasteiger partial charge in [-0.05, 0) is 42.5 Å². The van der Waals surface area contributed by atoms with Crippen molar-refractivity contribution in [2.75, 3.05) is 13.1 Å². The molecule has 2 heterocycles. The highest BCUT2D eigenvalue weighted by Crippen LogP contribution is 2.37. The van der Waals surface area contributed by atoms with Crippen LogP contribution in [0.5, 0.6) is 0 Å². The van der Waals surface area contributed by atoms with Crippen molar-refractivity contribution in [1.29, 1.82) is 0 Å². The van der Waals surface area contributed by atoms with Crippen molar-refractivity contribution in [3.8, 4) is 0 Å². The van der Waals surface area contributed by atoms with Crippen LogP contribution < -0.4 is 0 Å². The van der Waals surface area contributed by atoms with Crippen LogP contribution >= 0.6 is 0 Å². The maximum atomic E-state index is 9.17. The van der Waals surface area contributed by atoms with Gasteiger partial charge in [-0.3, -0.25) is 4.90 Å². The molecule has 1 aromatic carbocycles. The molecule has 2 aliphatic heterocycles. The maximum absolute atomic E-state index is 9.17. The van der Waals surface area contributed by atoms with E-state index in [9.17, 15) is 0 Å². The molecule has 1 saturated heterocycles. The quantitative estimate of drug-likeness (QED) is 0.753. The van der Waals surface area contributed by atoms with Gasteiger partial charge in [0.2, 0.25) is 0 Å². The third-order valence-electron chi connectivity index (χ3n) is 3.78. The molecule has 15 heavy (non-hydrogen) atoms. The van der Waals surface area contributed by atoms with Crippen molar-refractivity contribution in [1.82, 2.24) is 4.90 Å². The standard InChI is InChI=1S/C13H17NO/c15-9-10-3-4-11-5-7-14-6-1-2-13(14)12(11)8-10/h3-4,8,13,15H,1-2,5-7,9H2. The molecule has 2 heteroatoms. The lowest BCUT2D eigenvalue weighted by Crippen LogP contribution is -2.30. The molecule has 1 N–H and O–H groups in total. The first-order chi connectivity index (χ1) is 7.38. The molecule has 0 amide bonds. The summed E-state index contributed by atoms with van der Waals surface area (Å²) in [5.74, 6) is 0. The van der Waals surface area contributed by atoms with E-state index >= 15 is 0 Å². The minimum absolute atomic E-state index is 0.167. The second-order valence-corrected chi connectivity index (χ2v) is 4.64. The fourth-order valence-electron chi connectivity index (χ4n) is 2.99. The molecule has 0 saturated carbocycles. The first-order valence-corrected chi connectivity index (χ1v) is 5.85. The van der Waals surface area contributed by atoms with Gasteiger partial charge in [-0.15, -0.1) is 0 Å². The van der Waals surface area contributed by atoms with Crippen LogP contribution in [0.3, 0.4) is 0 Å². The normalized spacial score (nSPS) is 25.0. The first kappa shape index (κ1) is 9.37. The van der Waals surface area contributed by atoms with E-state index in [1.165, 1.54) is 43.5 Å². The summed E-state index contributed by atoms with van der Waals surface area (Å²) in [4.78, 5) is 2.59. The number of benzene rings is 1. The second-order valence-electron chi connectivity index (χ2n) is 4.64. The van der Waals surface area contributed by atoms with Crippen LogP contribution in [0.15, 0.2) is 18.2 Å². The molecule has 1 unspecified atom stereocenters. The Bertz CT molecular complexity index is 375. The van der Waals surface area contributed by atoms with Crippen molar-refractivity contribution in [3.05, 3.63) is 34.9 Å². The summed E-state index contributed by atoms with van der Waals surface area (Å²) >= 11 is 0. The molecule has 3 rings (SSSR count). The minimum atomic E-state index is 0.167. The molecule has 1 aromatic rings. The van der Waals surface area contributed by atoms with Gasteiger partial charge in [0.05, 0.1) is 6.61 Å². The Balaban J connectivity index is 2.03. The van der Waals surface area contributed by atoms with Gasteiger partial charge in [0.25, 0.3) is 0 Å². The Labute approximate surface area is 90.5 Å². The van der Waals surface area contributed by atoms with Crippen LogP contribution in [-0.4, -0.2) is 23.1 Å². The highest BCUT2D eigenvalue weighted by atomic mass is 16.3. The molecule has 2 aliphatic rings. The van der Waals surface area contributed by atoms with Gasteiger partial charge in [-0.25, -0.2) is 0 Å². The smallest absolute Gasteiger partial charge is 0.0681 e. The van der Waals surface area contributed by atoms with E-state index < -0.39 is 0 Å². The lowest BCUT2D eigenvalue weighted by molar-refractivity contribution is 0.242. The molecular formula is C13H17NO. The topological polar surface area (TPSA) is 23.5 Å². The fraction of sp³-hybridized carbons (Fsp3) is 0.538. The van der Waals surface area contributed by atoms with Gasteiger partial charge < -0.3 is 5.11 Å². The van der Waals surface area contributed by atoms with Crippen molar-refractivity contribution in [2.24, 2.45) is 0 Å². The van der Waals surface area contributed by atoms with E-state index in [-0.39, 0.29) is 6.61 Å². The lowest BCUT2D eigenvalue weighted by atomic mass is 9.91. The van der Waals surface area contributed by atoms with Crippen molar-refractivity contribution < 1.29 is 5.11 Å². The van der Waals surface area contributed by atoms with Crippen LogP contribution in [0.1, 0.15) is 35.6 Å². The SMILES string of the molecule is OCc1ccc2c(c1)C1CCCN1CC2. The van der Waals surface area contributed by atoms with E-state index in [1.54, 1.807) is 0 Å². The molecule has 80 valence electrons. The Hall–Kier alpha value is -0.860. The van der Waals surface area contributed by atoms with Crippen LogP contribution in [0.4, 0.5) is 0 Å². The average molecular weight is 203 g/mol. The summed E-state index contributed by atoms with van der Waals surface area (Å²) in [6.45, 7) is 2.64. The largest absolute Gasteiger partial charge is 0.392 e. The van der Waals surface area contributed by atoms with E-state index in [0.717, 1.165) is 5.56 Å². The molecule has 0 aromatic heterocycles. The van der Waals surface area contributed by atoms with Crippen LogP contribution in [0, 0.1) is 0 Å². The zero-order chi connectivity index (χ0) is 10.3. The van der Waals surface area contributed by atoms with Gasteiger partial charge >= 0.3 is 0 Å². The van der Waals surface area contributed by atoms with Crippen LogP contribution in [0.25, 0.3) is 0 Å². The molecular weight excluding hydrogens is 186 g/mol. The molecule has 1 fully saturated rings. The Kier molecular flexibility index (Phi) is 2.26. The summed E-state index contributed by atoms with van der Waals surface area (Å²) in [5, 5.41) is 9.17. The zero-order valence-corrected chi connectivity index (χ0v) is 8.95. The van der Waals surface area contributed by atoms with E-state index in [2.05, 4.69) is 23.1 Å². The molecule has 0 bridgehead atoms. The van der Waals surface area contributed by atoms with Gasteiger partial charge in [0.15, 0.2) is 0 Å². The molecule has 2 nitrogen and oxygen atoms in total. The predicted octanol–water partition coefficient (Wildman–Crippen LogP) is 1.87. The number of fused-ring (bicyclic) bond motifs is 3. The number of aliphatic hydroxyl groups is 1. The monoisotopic (exact) mass is 203 g/mol. The zero-order valence-electron chi connectivity index (χ0n) is 8.95. The summed E-state index contributed by atoms with van der Waals surface area (Å²) in [6.07, 6.45) is 3.80. The summed E-state index contributed by atoms with van der Waals surface area (Å²) in [5.41, 5.74) is 4.03. The molecule has 0 spiro atoms. The van der Waals surface area contributed by atoms with Crippen LogP contribution in [-0.2, 0) is 13.0 Å². The Morgan fingerprint density at radius 3 is 3.13 bits per heavy atom. The highest BCUT2D eigenvalue weighted by molar-refractivity contribution is 5.36. The summed E-state index contributed by atoms with van der Waals surface area (Å²) in [7, 11) is 0. The number of hydrogen-bond donors (Lipinski definition) is 1. The van der Waals surface area contributed by atoms with Gasteiger partial charge in [0, 0.05) is 12.6 Å². The van der Waals surface area contributed by atoms with Gasteiger partial charge in [0.1, 0.15) is 0 Å². The highest BCUT2D eigenvalue weighted by Gasteiger charge is 2.30. The van der Waals surface area contributed by atoms with Gasteiger partial charge in [-0.2, -0.15) is 0 Å². The number of nitrogens with zero attached hydrogens (tertiary/aromatic N) is 1. The van der Waals surface area contributed by atoms with Crippen molar-refractivity contribution in [2.45, 2.75) is 31.9 Å². The Morgan fingerprint density at radius 1 is 1.33 bits per heavy atom. The predicted molar refractivity (Wildman–Crippen MR) is 59.6 cm³/mol. The molecule has 0 radical (unpaired) electrons. The van der Waals surface area contributed by atoms with E-state index in [4.69, 9.17) is 5.11 Å². The first-order valence-electron chi connectivity index (χ1n) is 5.85. The number of hydrogen-bond acceptors (Lipinski definition) is 2. The van der Waals surface area contributed by atoms with Gasteiger partial charge in [-0.1, -0.05) is 18.2 Å². The lowest BCUT2D eigenvalue weighted by Gasteiger charge is -2.32. The average Bonchev–Trinajstić information content (AvgIpc) is 2.76.